The van der Waals surface area contributed by atoms with E-state index in [1.165, 1.54) is 0 Å². The molecule has 0 heterocycles. The largest absolute Gasteiger partial charge is 0.459 e. The zero-order valence-electron chi connectivity index (χ0n) is 51.5. The Hall–Kier alpha value is -5.75. The molecule has 1 aromatic carbocycles. The summed E-state index contributed by atoms with van der Waals surface area (Å²) < 4.78 is 11.0. The van der Waals surface area contributed by atoms with Gasteiger partial charge < -0.3 is 52.0 Å². The number of nitrogens with one attached hydrogen (secondary N) is 8. The summed E-state index contributed by atoms with van der Waals surface area (Å²) in [6.45, 7) is 35.5. The van der Waals surface area contributed by atoms with Crippen molar-refractivity contribution >= 4 is 53.4 Å². The molecule has 0 aliphatic rings. The van der Waals surface area contributed by atoms with Crippen molar-refractivity contribution < 1.29 is 52.6 Å². The molecule has 8 atom stereocenters. The van der Waals surface area contributed by atoms with Crippen LogP contribution in [0.25, 0.3) is 0 Å². The Morgan fingerprint density at radius 2 is 0.557 bits per heavy atom. The number of hydrogen-bond donors (Lipinski definition) is 8. The fraction of sp³-hybridized carbons (Fsp3) is 0.750. The molecule has 0 saturated carbocycles. The first kappa shape index (κ1) is 71.3. The molecule has 19 nitrogen and oxygen atoms in total. The van der Waals surface area contributed by atoms with Crippen LogP contribution in [0.3, 0.4) is 0 Å². The lowest BCUT2D eigenvalue weighted by Gasteiger charge is -2.30. The zero-order chi connectivity index (χ0) is 60.5. The molecule has 8 N–H and O–H groups in total. The maximum atomic E-state index is 14.4. The summed E-state index contributed by atoms with van der Waals surface area (Å²) in [7, 11) is 0. The number of benzene rings is 1. The first-order valence-corrected chi connectivity index (χ1v) is 28.9. The molecular formula is C60H104N8O11. The van der Waals surface area contributed by atoms with E-state index in [4.69, 9.17) is 9.47 Å². The molecule has 79 heavy (non-hydrogen) atoms. The van der Waals surface area contributed by atoms with Crippen molar-refractivity contribution in [2.24, 2.45) is 47.3 Å². The molecule has 0 unspecified atom stereocenters. The first-order valence-electron chi connectivity index (χ1n) is 28.9. The van der Waals surface area contributed by atoms with E-state index in [-0.39, 0.29) is 98.9 Å². The summed E-state index contributed by atoms with van der Waals surface area (Å²) in [5, 5.41) is 22.6. The van der Waals surface area contributed by atoms with Crippen LogP contribution in [0.2, 0.25) is 0 Å². The fourth-order valence-electron chi connectivity index (χ4n) is 8.79. The van der Waals surface area contributed by atoms with E-state index < -0.39 is 107 Å². The zero-order valence-corrected chi connectivity index (χ0v) is 51.5. The van der Waals surface area contributed by atoms with Gasteiger partial charge in [0.1, 0.15) is 60.5 Å². The Morgan fingerprint density at radius 1 is 0.342 bits per heavy atom. The van der Waals surface area contributed by atoms with E-state index in [9.17, 15) is 43.2 Å². The van der Waals surface area contributed by atoms with Gasteiger partial charge in [-0.05, 0) is 125 Å². The quantitative estimate of drug-likeness (QED) is 0.0316. The Labute approximate surface area is 473 Å². The number of carbonyl (C=O) groups is 9. The maximum Gasteiger partial charge on any atom is 0.408 e. The second-order valence-electron chi connectivity index (χ2n) is 25.8. The smallest absolute Gasteiger partial charge is 0.408 e. The lowest BCUT2D eigenvalue weighted by atomic mass is 9.97. The predicted octanol–water partition coefficient (Wildman–Crippen LogP) is 7.39. The van der Waals surface area contributed by atoms with Crippen LogP contribution < -0.4 is 42.5 Å². The van der Waals surface area contributed by atoms with Crippen molar-refractivity contribution in [2.45, 2.75) is 243 Å². The number of hydrogen-bond acceptors (Lipinski definition) is 11. The van der Waals surface area contributed by atoms with Crippen LogP contribution in [-0.2, 0) is 54.4 Å². The number of alkyl carbamates (subject to hydrolysis) is 1. The summed E-state index contributed by atoms with van der Waals surface area (Å²) in [4.78, 5) is 126. The molecule has 0 fully saturated rings. The second-order valence-corrected chi connectivity index (χ2v) is 25.8. The summed E-state index contributed by atoms with van der Waals surface area (Å²) in [6, 6.07) is 0.498. The van der Waals surface area contributed by atoms with Gasteiger partial charge in [0.2, 0.25) is 41.4 Å². The predicted molar refractivity (Wildman–Crippen MR) is 309 cm³/mol. The van der Waals surface area contributed by atoms with Gasteiger partial charge in [0.15, 0.2) is 0 Å². The van der Waals surface area contributed by atoms with Gasteiger partial charge in [-0.2, -0.15) is 0 Å². The van der Waals surface area contributed by atoms with Gasteiger partial charge in [-0.15, -0.1) is 0 Å². The van der Waals surface area contributed by atoms with Crippen molar-refractivity contribution in [2.75, 3.05) is 0 Å². The molecule has 1 aromatic rings. The summed E-state index contributed by atoms with van der Waals surface area (Å²) in [5.74, 6) is -5.42. The average Bonchev–Trinajstić information content (AvgIpc) is 3.29. The van der Waals surface area contributed by atoms with Crippen LogP contribution in [0.15, 0.2) is 30.3 Å². The highest BCUT2D eigenvalue weighted by molar-refractivity contribution is 5.98. The minimum absolute atomic E-state index is 0.00324. The summed E-state index contributed by atoms with van der Waals surface area (Å²) in [6.07, 6.45) is 0.951. The molecule has 0 saturated heterocycles. The molecule has 0 aliphatic carbocycles. The lowest BCUT2D eigenvalue weighted by molar-refractivity contribution is -0.150. The Morgan fingerprint density at radius 3 is 0.785 bits per heavy atom. The molecule has 8 amide bonds. The minimum atomic E-state index is -1.15. The number of esters is 1. The molecule has 0 radical (unpaired) electrons. The van der Waals surface area contributed by atoms with Gasteiger partial charge >= 0.3 is 12.1 Å². The third kappa shape index (κ3) is 30.4. The number of amides is 8. The summed E-state index contributed by atoms with van der Waals surface area (Å²) in [5.41, 5.74) is -0.0179. The molecule has 1 rings (SSSR count). The highest BCUT2D eigenvalue weighted by Crippen LogP contribution is 2.17. The first-order chi connectivity index (χ1) is 36.6. The van der Waals surface area contributed by atoms with E-state index in [0.29, 0.717) is 6.42 Å². The molecule has 0 aromatic heterocycles. The van der Waals surface area contributed by atoms with E-state index >= 15 is 0 Å². The topological polar surface area (TPSA) is 268 Å². The van der Waals surface area contributed by atoms with E-state index in [1.807, 2.05) is 141 Å². The number of rotatable bonds is 34. The van der Waals surface area contributed by atoms with Crippen molar-refractivity contribution in [3.8, 4) is 0 Å². The van der Waals surface area contributed by atoms with Crippen molar-refractivity contribution in [3.05, 3.63) is 35.9 Å². The summed E-state index contributed by atoms with van der Waals surface area (Å²) >= 11 is 0. The van der Waals surface area contributed by atoms with Crippen LogP contribution in [0.4, 0.5) is 4.79 Å². The Kier molecular flexibility index (Phi) is 31.6. The molecular weight excluding hydrogens is 1010 g/mol. The molecule has 450 valence electrons. The van der Waals surface area contributed by atoms with Crippen LogP contribution >= 0.6 is 0 Å². The normalized spacial score (nSPS) is 14.9. The molecule has 0 bridgehead atoms. The van der Waals surface area contributed by atoms with E-state index in [2.05, 4.69) is 42.5 Å². The highest BCUT2D eigenvalue weighted by atomic mass is 16.6. The second kappa shape index (κ2) is 35.1. The van der Waals surface area contributed by atoms with Gasteiger partial charge in [-0.3, -0.25) is 33.6 Å². The third-order valence-electron chi connectivity index (χ3n) is 12.3. The average molecular weight is 1110 g/mol. The third-order valence-corrected chi connectivity index (χ3v) is 12.3. The van der Waals surface area contributed by atoms with Crippen LogP contribution in [-0.4, -0.2) is 107 Å². The maximum absolute atomic E-state index is 14.4. The van der Waals surface area contributed by atoms with Gasteiger partial charge in [0.05, 0.1) is 0 Å². The van der Waals surface area contributed by atoms with Crippen LogP contribution in [0.1, 0.15) is 188 Å². The van der Waals surface area contributed by atoms with Crippen LogP contribution in [0, 0.1) is 47.3 Å². The number of carbonyl (C=O) groups excluding carboxylic acids is 9. The minimum Gasteiger partial charge on any atom is -0.459 e. The fourth-order valence-corrected chi connectivity index (χ4v) is 8.79. The lowest BCUT2D eigenvalue weighted by Crippen LogP contribution is -2.60. The monoisotopic (exact) mass is 1110 g/mol. The Bertz CT molecular complexity index is 2090. The van der Waals surface area contributed by atoms with Gasteiger partial charge in [0.25, 0.3) is 0 Å². The van der Waals surface area contributed by atoms with Crippen molar-refractivity contribution in [3.63, 3.8) is 0 Å². The number of ether oxygens (including phenoxy) is 2. The van der Waals surface area contributed by atoms with Gasteiger partial charge in [-0.25, -0.2) is 9.59 Å². The van der Waals surface area contributed by atoms with Gasteiger partial charge in [-0.1, -0.05) is 141 Å². The van der Waals surface area contributed by atoms with Crippen molar-refractivity contribution in [1.29, 1.82) is 0 Å². The van der Waals surface area contributed by atoms with Gasteiger partial charge in [0, 0.05) is 0 Å². The Balaban J connectivity index is 3.46. The molecule has 19 heteroatoms. The van der Waals surface area contributed by atoms with Crippen molar-refractivity contribution in [1.82, 2.24) is 42.5 Å². The molecule has 0 aliphatic heterocycles. The SMILES string of the molecule is CC(C)C[C@H](NC(=O)OC(C)(C)C)C(=O)N[C@@H](CC(C)C)C(=O)N[C@@H](CC(C)C)C(=O)N[C@@H](CC(C)C)C(=O)N[C@@H](CC(C)C)C(=O)N[C@@H](CC(C)C)C(=O)N[C@@H](CC(C)C)C(=O)N[C@@H](CC(C)C)C(=O)OCc1ccccc1. The van der Waals surface area contributed by atoms with Crippen LogP contribution in [0.5, 0.6) is 0 Å². The highest BCUT2D eigenvalue weighted by Gasteiger charge is 2.37. The molecule has 0 spiro atoms. The standard InChI is InChI=1S/C60H104N8O11/c1-34(2)25-43(62-53(71)45(27-36(5)6)64-55(73)47(29-38(9)10)66-57(75)49(31-40(13)14)68-59(77)79-60(17,18)19)51(69)61-44(26-35(3)4)52(70)63-46(28-37(7)8)54(72)65-48(30-39(11)12)56(74)67-50(32-41(15)16)58(76)78-33-42-23-21-20-22-24-42/h20-24,34-41,43-50H,25-33H2,1-19H3,(H,61,69)(H,62,71)(H,63,70)(H,64,73)(H,65,72)(H,66,75)(H,67,74)(H,68,77)/t43-,44-,45-,46-,47-,48-,49-,50-/m0/s1. The van der Waals surface area contributed by atoms with E-state index in [1.54, 1.807) is 20.8 Å². The van der Waals surface area contributed by atoms with E-state index in [0.717, 1.165) is 5.56 Å².